The van der Waals surface area contributed by atoms with E-state index in [-0.39, 0.29) is 5.56 Å². The lowest BCUT2D eigenvalue weighted by Crippen LogP contribution is -2.15. The van der Waals surface area contributed by atoms with E-state index in [0.29, 0.717) is 18.0 Å². The molecule has 0 unspecified atom stereocenters. The zero-order valence-corrected chi connectivity index (χ0v) is 16.1. The van der Waals surface area contributed by atoms with Crippen molar-refractivity contribution in [2.75, 3.05) is 13.7 Å². The summed E-state index contributed by atoms with van der Waals surface area (Å²) in [5.74, 6) is 0.580. The SMILES string of the molecule is COCCn1c(SCc2cc(=O)n3cccc(C)c3n2)nc2ccccc21. The van der Waals surface area contributed by atoms with Crippen LogP contribution in [0.4, 0.5) is 0 Å². The minimum absolute atomic E-state index is 0.0628. The molecule has 7 heteroatoms. The largest absolute Gasteiger partial charge is 0.383 e. The van der Waals surface area contributed by atoms with Crippen molar-refractivity contribution in [1.29, 1.82) is 0 Å². The third-order valence-electron chi connectivity index (χ3n) is 4.43. The van der Waals surface area contributed by atoms with Crippen LogP contribution in [-0.4, -0.2) is 32.7 Å². The Morgan fingerprint density at radius 2 is 2.00 bits per heavy atom. The van der Waals surface area contributed by atoms with Gasteiger partial charge in [0.05, 0.1) is 23.3 Å². The molecule has 3 aromatic heterocycles. The Morgan fingerprint density at radius 1 is 1.15 bits per heavy atom. The first-order valence-electron chi connectivity index (χ1n) is 8.72. The van der Waals surface area contributed by atoms with Gasteiger partial charge in [0, 0.05) is 31.7 Å². The predicted molar refractivity (Wildman–Crippen MR) is 107 cm³/mol. The minimum atomic E-state index is -0.0628. The summed E-state index contributed by atoms with van der Waals surface area (Å²) in [4.78, 5) is 21.8. The van der Waals surface area contributed by atoms with Crippen LogP contribution in [0, 0.1) is 6.92 Å². The van der Waals surface area contributed by atoms with Crippen molar-refractivity contribution in [2.24, 2.45) is 0 Å². The summed E-state index contributed by atoms with van der Waals surface area (Å²) >= 11 is 1.59. The number of rotatable bonds is 6. The molecule has 138 valence electrons. The summed E-state index contributed by atoms with van der Waals surface area (Å²) in [6.45, 7) is 3.30. The summed E-state index contributed by atoms with van der Waals surface area (Å²) in [5.41, 5.74) is 4.41. The zero-order valence-electron chi connectivity index (χ0n) is 15.3. The number of fused-ring (bicyclic) bond motifs is 2. The van der Waals surface area contributed by atoms with Gasteiger partial charge in [0.15, 0.2) is 5.16 Å². The summed E-state index contributed by atoms with van der Waals surface area (Å²) in [6, 6.07) is 13.5. The average Bonchev–Trinajstić information content (AvgIpc) is 3.03. The number of benzene rings is 1. The fourth-order valence-electron chi connectivity index (χ4n) is 3.08. The van der Waals surface area contributed by atoms with Crippen LogP contribution >= 0.6 is 11.8 Å². The van der Waals surface area contributed by atoms with Crippen LogP contribution in [0.3, 0.4) is 0 Å². The van der Waals surface area contributed by atoms with E-state index in [1.54, 1.807) is 35.5 Å². The summed E-state index contributed by atoms with van der Waals surface area (Å²) in [5, 5.41) is 0.903. The quantitative estimate of drug-likeness (QED) is 0.480. The lowest BCUT2D eigenvalue weighted by atomic mass is 10.3. The van der Waals surface area contributed by atoms with Crippen molar-refractivity contribution in [3.8, 4) is 0 Å². The number of nitrogens with zero attached hydrogens (tertiary/aromatic N) is 4. The number of hydrogen-bond acceptors (Lipinski definition) is 5. The first-order valence-corrected chi connectivity index (χ1v) is 9.71. The van der Waals surface area contributed by atoms with Gasteiger partial charge in [0.2, 0.25) is 0 Å². The number of aromatic nitrogens is 4. The van der Waals surface area contributed by atoms with Gasteiger partial charge in [-0.05, 0) is 30.7 Å². The van der Waals surface area contributed by atoms with Gasteiger partial charge in [0.1, 0.15) is 5.65 Å². The van der Waals surface area contributed by atoms with Crippen molar-refractivity contribution >= 4 is 28.4 Å². The molecule has 0 N–H and O–H groups in total. The lowest BCUT2D eigenvalue weighted by Gasteiger charge is -2.09. The highest BCUT2D eigenvalue weighted by Gasteiger charge is 2.12. The molecule has 0 bridgehead atoms. The molecule has 0 amide bonds. The number of ether oxygens (including phenoxy) is 1. The first-order chi connectivity index (χ1) is 13.2. The van der Waals surface area contributed by atoms with Gasteiger partial charge < -0.3 is 9.30 Å². The molecule has 0 fully saturated rings. The molecule has 0 aliphatic rings. The van der Waals surface area contributed by atoms with E-state index >= 15 is 0 Å². The molecule has 0 saturated carbocycles. The van der Waals surface area contributed by atoms with E-state index in [1.165, 1.54) is 0 Å². The molecule has 0 atom stereocenters. The van der Waals surface area contributed by atoms with Crippen LogP contribution in [-0.2, 0) is 17.0 Å². The van der Waals surface area contributed by atoms with Gasteiger partial charge in [-0.3, -0.25) is 9.20 Å². The molecule has 0 aliphatic heterocycles. The third kappa shape index (κ3) is 3.48. The molecular weight excluding hydrogens is 360 g/mol. The number of thioether (sulfide) groups is 1. The van der Waals surface area contributed by atoms with Crippen LogP contribution in [0.1, 0.15) is 11.3 Å². The summed E-state index contributed by atoms with van der Waals surface area (Å²) < 4.78 is 8.98. The second-order valence-corrected chi connectivity index (χ2v) is 7.23. The number of imidazole rings is 1. The number of para-hydroxylation sites is 2. The monoisotopic (exact) mass is 380 g/mol. The fraction of sp³-hybridized carbons (Fsp3) is 0.250. The Hall–Kier alpha value is -2.64. The van der Waals surface area contributed by atoms with Gasteiger partial charge in [0.25, 0.3) is 5.56 Å². The van der Waals surface area contributed by atoms with Gasteiger partial charge in [-0.2, -0.15) is 0 Å². The van der Waals surface area contributed by atoms with E-state index in [2.05, 4.69) is 15.6 Å². The standard InChI is InChI=1S/C20H20N4O2S/c1-14-6-5-9-24-18(25)12-15(21-19(14)24)13-27-20-22-16-7-3-4-8-17(16)23(20)10-11-26-2/h3-9,12H,10-11,13H2,1-2H3. The maximum Gasteiger partial charge on any atom is 0.258 e. The molecule has 27 heavy (non-hydrogen) atoms. The minimum Gasteiger partial charge on any atom is -0.383 e. The van der Waals surface area contributed by atoms with E-state index in [1.807, 2.05) is 37.3 Å². The molecule has 0 aliphatic carbocycles. The second-order valence-electron chi connectivity index (χ2n) is 6.29. The fourth-order valence-corrected chi connectivity index (χ4v) is 4.02. The highest BCUT2D eigenvalue weighted by molar-refractivity contribution is 7.98. The second kappa shape index (κ2) is 7.54. The number of pyridine rings is 1. The van der Waals surface area contributed by atoms with Crippen molar-refractivity contribution in [1.82, 2.24) is 18.9 Å². The topological polar surface area (TPSA) is 61.4 Å². The van der Waals surface area contributed by atoms with Crippen molar-refractivity contribution in [3.63, 3.8) is 0 Å². The molecule has 0 radical (unpaired) electrons. The van der Waals surface area contributed by atoms with Gasteiger partial charge >= 0.3 is 0 Å². The lowest BCUT2D eigenvalue weighted by molar-refractivity contribution is 0.186. The number of methoxy groups -OCH3 is 1. The zero-order chi connectivity index (χ0) is 18.8. The average molecular weight is 380 g/mol. The third-order valence-corrected chi connectivity index (χ3v) is 5.44. The van der Waals surface area contributed by atoms with Crippen LogP contribution in [0.5, 0.6) is 0 Å². The molecule has 4 aromatic rings. The smallest absolute Gasteiger partial charge is 0.258 e. The van der Waals surface area contributed by atoms with Crippen LogP contribution in [0.2, 0.25) is 0 Å². The van der Waals surface area contributed by atoms with Crippen LogP contribution in [0.15, 0.2) is 58.6 Å². The Balaban J connectivity index is 1.66. The Labute approximate surface area is 160 Å². The van der Waals surface area contributed by atoms with E-state index in [0.717, 1.165) is 34.0 Å². The maximum absolute atomic E-state index is 12.4. The van der Waals surface area contributed by atoms with Crippen molar-refractivity contribution < 1.29 is 4.74 Å². The maximum atomic E-state index is 12.4. The Kier molecular flexibility index (Phi) is 4.96. The van der Waals surface area contributed by atoms with Gasteiger partial charge in [-0.25, -0.2) is 9.97 Å². The van der Waals surface area contributed by atoms with E-state index in [4.69, 9.17) is 9.72 Å². The summed E-state index contributed by atoms with van der Waals surface area (Å²) in [6.07, 6.45) is 1.75. The van der Waals surface area contributed by atoms with E-state index in [9.17, 15) is 4.79 Å². The molecule has 0 spiro atoms. The molecule has 1 aromatic carbocycles. The molecule has 0 saturated heterocycles. The van der Waals surface area contributed by atoms with Crippen molar-refractivity contribution in [2.45, 2.75) is 24.4 Å². The highest BCUT2D eigenvalue weighted by atomic mass is 32.2. The summed E-state index contributed by atoms with van der Waals surface area (Å²) in [7, 11) is 1.70. The number of aryl methyl sites for hydroxylation is 1. The molecule has 3 heterocycles. The number of hydrogen-bond donors (Lipinski definition) is 0. The normalized spacial score (nSPS) is 11.5. The Bertz CT molecular complexity index is 1170. The van der Waals surface area contributed by atoms with E-state index < -0.39 is 0 Å². The van der Waals surface area contributed by atoms with Gasteiger partial charge in [-0.15, -0.1) is 0 Å². The van der Waals surface area contributed by atoms with Crippen LogP contribution in [0.25, 0.3) is 16.7 Å². The highest BCUT2D eigenvalue weighted by Crippen LogP contribution is 2.26. The molecular formula is C20H20N4O2S. The predicted octanol–water partition coefficient (Wildman–Crippen LogP) is 3.29. The first kappa shape index (κ1) is 17.8. The van der Waals surface area contributed by atoms with Gasteiger partial charge in [-0.1, -0.05) is 30.0 Å². The van der Waals surface area contributed by atoms with Crippen molar-refractivity contribution in [3.05, 3.63) is 70.3 Å². The molecule has 4 rings (SSSR count). The van der Waals surface area contributed by atoms with Crippen LogP contribution < -0.4 is 5.56 Å². The molecule has 6 nitrogen and oxygen atoms in total. The Morgan fingerprint density at radius 3 is 2.85 bits per heavy atom.